The number of rotatable bonds is 5. The monoisotopic (exact) mass is 331 g/mol. The van der Waals surface area contributed by atoms with Gasteiger partial charge in [-0.3, -0.25) is 4.68 Å². The van der Waals surface area contributed by atoms with E-state index < -0.39 is 0 Å². The molecule has 0 unspecified atom stereocenters. The van der Waals surface area contributed by atoms with Crippen LogP contribution >= 0.6 is 0 Å². The first-order chi connectivity index (χ1) is 12.2. The molecule has 1 aromatic heterocycles. The Morgan fingerprint density at radius 1 is 1.00 bits per heavy atom. The van der Waals surface area contributed by atoms with Crippen LogP contribution in [0.4, 0.5) is 5.69 Å². The van der Waals surface area contributed by atoms with Crippen LogP contribution in [0.3, 0.4) is 0 Å². The van der Waals surface area contributed by atoms with Gasteiger partial charge in [-0.25, -0.2) is 0 Å². The summed E-state index contributed by atoms with van der Waals surface area (Å²) in [7, 11) is 0. The largest absolute Gasteiger partial charge is 0.471 e. The highest BCUT2D eigenvalue weighted by Gasteiger charge is 2.12. The first-order valence-corrected chi connectivity index (χ1v) is 8.61. The van der Waals surface area contributed by atoms with Crippen molar-refractivity contribution in [2.45, 2.75) is 26.5 Å². The molecule has 0 aliphatic rings. The molecule has 4 nitrogen and oxygen atoms in total. The Labute approximate surface area is 146 Å². The summed E-state index contributed by atoms with van der Waals surface area (Å²) in [5.74, 6) is 0.643. The lowest BCUT2D eigenvalue weighted by atomic mass is 10.1. The lowest BCUT2D eigenvalue weighted by Gasteiger charge is -2.05. The maximum atomic E-state index is 6.05. The molecule has 3 aromatic carbocycles. The Bertz CT molecular complexity index is 1040. The van der Waals surface area contributed by atoms with Crippen molar-refractivity contribution in [2.75, 3.05) is 5.73 Å². The van der Waals surface area contributed by atoms with E-state index in [4.69, 9.17) is 10.5 Å². The first kappa shape index (κ1) is 15.5. The third kappa shape index (κ3) is 3.03. The third-order valence-electron chi connectivity index (χ3n) is 4.37. The molecule has 4 aromatic rings. The van der Waals surface area contributed by atoms with Gasteiger partial charge in [-0.2, -0.15) is 0 Å². The Kier molecular flexibility index (Phi) is 4.02. The number of aromatic nitrogens is 2. The summed E-state index contributed by atoms with van der Waals surface area (Å²) in [6.45, 7) is 3.48. The molecule has 4 heteroatoms. The van der Waals surface area contributed by atoms with E-state index in [1.807, 2.05) is 22.9 Å². The second-order valence-electron chi connectivity index (χ2n) is 6.28. The van der Waals surface area contributed by atoms with E-state index in [-0.39, 0.29) is 0 Å². The third-order valence-corrected chi connectivity index (χ3v) is 4.37. The van der Waals surface area contributed by atoms with E-state index in [1.165, 1.54) is 10.8 Å². The number of nitrogens with zero attached hydrogens (tertiary/aromatic N) is 2. The normalized spacial score (nSPS) is 11.2. The molecule has 126 valence electrons. The fourth-order valence-corrected chi connectivity index (χ4v) is 3.14. The summed E-state index contributed by atoms with van der Waals surface area (Å²) < 4.78 is 8.04. The van der Waals surface area contributed by atoms with Gasteiger partial charge in [-0.15, -0.1) is 5.10 Å². The van der Waals surface area contributed by atoms with Gasteiger partial charge in [0.05, 0.1) is 10.9 Å². The summed E-state index contributed by atoms with van der Waals surface area (Å²) >= 11 is 0. The molecule has 2 N–H and O–H groups in total. The molecule has 0 amide bonds. The van der Waals surface area contributed by atoms with Crippen LogP contribution in [-0.4, -0.2) is 9.78 Å². The highest BCUT2D eigenvalue weighted by atomic mass is 16.5. The molecule has 0 bridgehead atoms. The molecule has 0 saturated carbocycles. The van der Waals surface area contributed by atoms with Gasteiger partial charge in [-0.1, -0.05) is 43.3 Å². The lowest BCUT2D eigenvalue weighted by molar-refractivity contribution is 0.292. The van der Waals surface area contributed by atoms with Crippen molar-refractivity contribution in [1.82, 2.24) is 9.78 Å². The standard InChI is InChI=1S/C21H21N3O/c1-2-11-24-20-10-9-18(22)13-19(20)21(23-24)25-14-15-7-8-16-5-3-4-6-17(16)12-15/h3-10,12-13H,2,11,14,22H2,1H3. The Hall–Kier alpha value is -3.01. The predicted molar refractivity (Wildman–Crippen MR) is 103 cm³/mol. The second kappa shape index (κ2) is 6.48. The van der Waals surface area contributed by atoms with Crippen molar-refractivity contribution >= 4 is 27.4 Å². The molecule has 0 spiro atoms. The average molecular weight is 331 g/mol. The van der Waals surface area contributed by atoms with Crippen molar-refractivity contribution in [2.24, 2.45) is 0 Å². The van der Waals surface area contributed by atoms with Gasteiger partial charge in [0.2, 0.25) is 5.88 Å². The van der Waals surface area contributed by atoms with Crippen LogP contribution in [0.2, 0.25) is 0 Å². The summed E-state index contributed by atoms with van der Waals surface area (Å²) in [6.07, 6.45) is 1.02. The van der Waals surface area contributed by atoms with E-state index in [1.54, 1.807) is 0 Å². The highest BCUT2D eigenvalue weighted by Crippen LogP contribution is 2.28. The minimum atomic E-state index is 0.484. The predicted octanol–water partition coefficient (Wildman–Crippen LogP) is 4.76. The minimum Gasteiger partial charge on any atom is -0.471 e. The van der Waals surface area contributed by atoms with Crippen molar-refractivity contribution in [1.29, 1.82) is 0 Å². The smallest absolute Gasteiger partial charge is 0.241 e. The van der Waals surface area contributed by atoms with E-state index >= 15 is 0 Å². The zero-order valence-corrected chi connectivity index (χ0v) is 14.3. The number of ether oxygens (including phenoxy) is 1. The van der Waals surface area contributed by atoms with Gasteiger partial charge >= 0.3 is 0 Å². The molecule has 0 atom stereocenters. The molecular formula is C21H21N3O. The lowest BCUT2D eigenvalue weighted by Crippen LogP contribution is -2.00. The first-order valence-electron chi connectivity index (χ1n) is 8.61. The average Bonchev–Trinajstić information content (AvgIpc) is 2.97. The number of anilines is 1. The van der Waals surface area contributed by atoms with Crippen molar-refractivity contribution in [3.63, 3.8) is 0 Å². The minimum absolute atomic E-state index is 0.484. The number of fused-ring (bicyclic) bond motifs is 2. The Morgan fingerprint density at radius 2 is 1.84 bits per heavy atom. The maximum Gasteiger partial charge on any atom is 0.241 e. The summed E-state index contributed by atoms with van der Waals surface area (Å²) in [6, 6.07) is 20.6. The molecule has 0 saturated heterocycles. The van der Waals surface area contributed by atoms with Crippen LogP contribution in [-0.2, 0) is 13.2 Å². The number of hydrogen-bond acceptors (Lipinski definition) is 3. The van der Waals surface area contributed by atoms with Gasteiger partial charge in [0.25, 0.3) is 0 Å². The van der Waals surface area contributed by atoms with E-state index in [9.17, 15) is 0 Å². The van der Waals surface area contributed by atoms with E-state index in [0.29, 0.717) is 12.5 Å². The van der Waals surface area contributed by atoms with Crippen LogP contribution in [0, 0.1) is 0 Å². The molecular weight excluding hydrogens is 310 g/mol. The van der Waals surface area contributed by atoms with Crippen LogP contribution < -0.4 is 10.5 Å². The topological polar surface area (TPSA) is 53.1 Å². The maximum absolute atomic E-state index is 6.05. The highest BCUT2D eigenvalue weighted by molar-refractivity contribution is 5.87. The SMILES string of the molecule is CCCn1nc(OCc2ccc3ccccc3c2)c2cc(N)ccc21. The number of aryl methyl sites for hydroxylation is 1. The molecule has 0 aliphatic carbocycles. The van der Waals surface area contributed by atoms with E-state index in [2.05, 4.69) is 54.5 Å². The molecule has 25 heavy (non-hydrogen) atoms. The van der Waals surface area contributed by atoms with E-state index in [0.717, 1.165) is 35.1 Å². The van der Waals surface area contributed by atoms with Crippen LogP contribution in [0.5, 0.6) is 5.88 Å². The summed E-state index contributed by atoms with van der Waals surface area (Å²) in [5.41, 5.74) is 8.86. The zero-order valence-electron chi connectivity index (χ0n) is 14.3. The molecule has 4 rings (SSSR count). The van der Waals surface area contributed by atoms with Gasteiger partial charge in [0.15, 0.2) is 0 Å². The number of nitrogen functional groups attached to an aromatic ring is 1. The fraction of sp³-hybridized carbons (Fsp3) is 0.190. The number of nitrogens with two attached hydrogens (primary N) is 1. The Morgan fingerprint density at radius 3 is 2.68 bits per heavy atom. The fourth-order valence-electron chi connectivity index (χ4n) is 3.14. The van der Waals surface area contributed by atoms with Crippen LogP contribution in [0.1, 0.15) is 18.9 Å². The molecule has 0 fully saturated rings. The van der Waals surface area contributed by atoms with Crippen LogP contribution in [0.25, 0.3) is 21.7 Å². The van der Waals surface area contributed by atoms with Gasteiger partial charge in [-0.05, 0) is 47.0 Å². The van der Waals surface area contributed by atoms with Gasteiger partial charge < -0.3 is 10.5 Å². The second-order valence-corrected chi connectivity index (χ2v) is 6.28. The van der Waals surface area contributed by atoms with Gasteiger partial charge in [0, 0.05) is 12.2 Å². The summed E-state index contributed by atoms with van der Waals surface area (Å²) in [4.78, 5) is 0. The Balaban J connectivity index is 1.64. The zero-order chi connectivity index (χ0) is 17.2. The molecule has 0 radical (unpaired) electrons. The molecule has 1 heterocycles. The van der Waals surface area contributed by atoms with Crippen molar-refractivity contribution in [3.8, 4) is 5.88 Å². The summed E-state index contributed by atoms with van der Waals surface area (Å²) in [5, 5.41) is 8.05. The quantitative estimate of drug-likeness (QED) is 0.536. The van der Waals surface area contributed by atoms with Crippen molar-refractivity contribution in [3.05, 3.63) is 66.2 Å². The number of hydrogen-bond donors (Lipinski definition) is 1. The van der Waals surface area contributed by atoms with Crippen molar-refractivity contribution < 1.29 is 4.74 Å². The van der Waals surface area contributed by atoms with Crippen LogP contribution in [0.15, 0.2) is 60.7 Å². The van der Waals surface area contributed by atoms with Gasteiger partial charge in [0.1, 0.15) is 6.61 Å². The molecule has 0 aliphatic heterocycles. The number of benzene rings is 3.